The number of pyridine rings is 3. The van der Waals surface area contributed by atoms with Gasteiger partial charge in [-0.05, 0) is 85.1 Å². The van der Waals surface area contributed by atoms with E-state index < -0.39 is 22.8 Å². The summed E-state index contributed by atoms with van der Waals surface area (Å²) in [6.45, 7) is 7.51. The van der Waals surface area contributed by atoms with Crippen molar-refractivity contribution in [2.75, 3.05) is 0 Å². The van der Waals surface area contributed by atoms with Crippen LogP contribution in [0.2, 0.25) is 0 Å². The van der Waals surface area contributed by atoms with Crippen LogP contribution in [0.1, 0.15) is 47.2 Å². The molecule has 9 heteroatoms. The maximum absolute atomic E-state index is 15.2. The summed E-state index contributed by atoms with van der Waals surface area (Å²) in [5.41, 5.74) is 3.26. The molecular formula is C32H26BrF2N3O3. The summed E-state index contributed by atoms with van der Waals surface area (Å²) >= 11 is 3.44. The van der Waals surface area contributed by atoms with Crippen molar-refractivity contribution in [3.05, 3.63) is 116 Å². The van der Waals surface area contributed by atoms with Crippen LogP contribution in [0.25, 0.3) is 22.2 Å². The Balaban J connectivity index is 1.45. The van der Waals surface area contributed by atoms with E-state index in [4.69, 9.17) is 4.74 Å². The minimum Gasteiger partial charge on any atom is -0.452 e. The fourth-order valence-corrected chi connectivity index (χ4v) is 5.05. The number of nitrogens with zero attached hydrogens (tertiary/aromatic N) is 3. The second-order valence-electron chi connectivity index (χ2n) is 10.0. The van der Waals surface area contributed by atoms with Gasteiger partial charge in [0.15, 0.2) is 28.5 Å². The van der Waals surface area contributed by atoms with Gasteiger partial charge in [0.25, 0.3) is 0 Å². The molecule has 0 spiro atoms. The molecule has 3 aromatic heterocycles. The topological polar surface area (TPSA) is 74.1 Å². The number of aryl methyl sites for hydroxylation is 1. The Bertz CT molecular complexity index is 1870. The van der Waals surface area contributed by atoms with Crippen LogP contribution in [0.5, 0.6) is 11.5 Å². The first-order valence-corrected chi connectivity index (χ1v) is 13.8. The molecule has 0 aliphatic rings. The van der Waals surface area contributed by atoms with E-state index in [0.717, 1.165) is 10.2 Å². The molecule has 0 aliphatic carbocycles. The number of ether oxygens (including phenoxy) is 1. The quantitative estimate of drug-likeness (QED) is 0.173. The smallest absolute Gasteiger partial charge is 0.200 e. The summed E-state index contributed by atoms with van der Waals surface area (Å²) in [5, 5.41) is 0. The van der Waals surface area contributed by atoms with Gasteiger partial charge >= 0.3 is 0 Å². The molecule has 0 radical (unpaired) electrons. The molecule has 0 amide bonds. The van der Waals surface area contributed by atoms with Crippen molar-refractivity contribution in [1.29, 1.82) is 0 Å². The van der Waals surface area contributed by atoms with Gasteiger partial charge in [0.1, 0.15) is 11.3 Å². The van der Waals surface area contributed by atoms with Crippen LogP contribution >= 0.6 is 15.9 Å². The van der Waals surface area contributed by atoms with Crippen molar-refractivity contribution in [1.82, 2.24) is 14.5 Å². The highest BCUT2D eigenvalue weighted by molar-refractivity contribution is 9.10. The third-order valence-corrected chi connectivity index (χ3v) is 7.67. The molecule has 5 aromatic rings. The molecular weight excluding hydrogens is 592 g/mol. The fourth-order valence-electron chi connectivity index (χ4n) is 4.75. The highest BCUT2D eigenvalue weighted by atomic mass is 79.9. The average Bonchev–Trinajstić information content (AvgIpc) is 2.92. The number of carbonyl (C=O) groups is 1. The number of hydrogen-bond donors (Lipinski definition) is 0. The molecule has 41 heavy (non-hydrogen) atoms. The van der Waals surface area contributed by atoms with Gasteiger partial charge in [0.2, 0.25) is 0 Å². The van der Waals surface area contributed by atoms with Crippen LogP contribution in [-0.2, 0) is 6.42 Å². The molecule has 0 unspecified atom stereocenters. The number of ketones is 1. The van der Waals surface area contributed by atoms with Crippen molar-refractivity contribution >= 4 is 32.7 Å². The monoisotopic (exact) mass is 617 g/mol. The molecule has 5 rings (SSSR count). The minimum atomic E-state index is -0.662. The molecule has 0 aliphatic heterocycles. The third-order valence-electron chi connectivity index (χ3n) is 6.86. The van der Waals surface area contributed by atoms with Gasteiger partial charge in [-0.2, -0.15) is 0 Å². The standard InChI is InChI=1S/C32H26BrF2N3O3/c1-17(2)38-16-23(32(40)30(19(38)4)21-6-8-22(34)9-7-21)27(39)14-20-5-10-28(25(35)13-20)41-29-11-12-36-26-15-24(33)18(3)37-31(26)29/h5-13,15-17H,14H2,1-4H3. The van der Waals surface area contributed by atoms with Crippen molar-refractivity contribution in [2.45, 2.75) is 40.2 Å². The number of hydrogen-bond acceptors (Lipinski definition) is 5. The molecule has 6 nitrogen and oxygen atoms in total. The van der Waals surface area contributed by atoms with Crippen molar-refractivity contribution < 1.29 is 18.3 Å². The summed E-state index contributed by atoms with van der Waals surface area (Å²) in [6, 6.07) is 13.2. The third kappa shape index (κ3) is 5.67. The summed E-state index contributed by atoms with van der Waals surface area (Å²) in [4.78, 5) is 35.7. The van der Waals surface area contributed by atoms with Gasteiger partial charge in [0, 0.05) is 46.7 Å². The molecule has 0 bridgehead atoms. The van der Waals surface area contributed by atoms with Gasteiger partial charge in [0.05, 0.1) is 16.8 Å². The Morgan fingerprint density at radius 1 is 1.02 bits per heavy atom. The molecule has 0 N–H and O–H groups in total. The molecule has 0 atom stereocenters. The number of benzene rings is 2. The predicted molar refractivity (Wildman–Crippen MR) is 158 cm³/mol. The molecule has 0 saturated heterocycles. The molecule has 0 fully saturated rings. The largest absolute Gasteiger partial charge is 0.452 e. The summed E-state index contributed by atoms with van der Waals surface area (Å²) in [7, 11) is 0. The zero-order valence-corrected chi connectivity index (χ0v) is 24.4. The van der Waals surface area contributed by atoms with Crippen LogP contribution < -0.4 is 10.2 Å². The Labute approximate surface area is 243 Å². The van der Waals surface area contributed by atoms with Gasteiger partial charge in [-0.1, -0.05) is 18.2 Å². The van der Waals surface area contributed by atoms with Crippen molar-refractivity contribution in [2.24, 2.45) is 0 Å². The van der Waals surface area contributed by atoms with E-state index in [1.807, 2.05) is 31.4 Å². The Morgan fingerprint density at radius 2 is 1.76 bits per heavy atom. The van der Waals surface area contributed by atoms with E-state index in [9.17, 15) is 14.0 Å². The lowest BCUT2D eigenvalue weighted by Crippen LogP contribution is -2.24. The highest BCUT2D eigenvalue weighted by Crippen LogP contribution is 2.32. The SMILES string of the molecule is Cc1nc2c(Oc3ccc(CC(=O)c4cn(C(C)C)c(C)c(-c5ccc(F)cc5)c4=O)cc3F)ccnc2cc1Br. The number of aromatic nitrogens is 3. The van der Waals surface area contributed by atoms with E-state index in [2.05, 4.69) is 25.9 Å². The van der Waals surface area contributed by atoms with Crippen molar-refractivity contribution in [3.63, 3.8) is 0 Å². The Morgan fingerprint density at radius 3 is 2.44 bits per heavy atom. The average molecular weight is 618 g/mol. The highest BCUT2D eigenvalue weighted by Gasteiger charge is 2.21. The lowest BCUT2D eigenvalue weighted by atomic mass is 9.97. The van der Waals surface area contributed by atoms with Crippen LogP contribution in [0, 0.1) is 25.5 Å². The molecule has 0 saturated carbocycles. The second-order valence-corrected chi connectivity index (χ2v) is 10.9. The zero-order chi connectivity index (χ0) is 29.4. The van der Waals surface area contributed by atoms with Crippen LogP contribution in [0.4, 0.5) is 8.78 Å². The van der Waals surface area contributed by atoms with Gasteiger partial charge in [-0.25, -0.2) is 13.8 Å². The summed E-state index contributed by atoms with van der Waals surface area (Å²) in [6.07, 6.45) is 2.91. The van der Waals surface area contributed by atoms with E-state index >= 15 is 4.39 Å². The van der Waals surface area contributed by atoms with E-state index in [0.29, 0.717) is 39.2 Å². The lowest BCUT2D eigenvalue weighted by molar-refractivity contribution is 0.0991. The van der Waals surface area contributed by atoms with Gasteiger partial charge in [-0.15, -0.1) is 0 Å². The molecule has 208 valence electrons. The first-order valence-electron chi connectivity index (χ1n) is 13.0. The Kier molecular flexibility index (Phi) is 7.82. The minimum absolute atomic E-state index is 0.0137. The number of carbonyl (C=O) groups excluding carboxylic acids is 1. The van der Waals surface area contributed by atoms with Crippen LogP contribution in [0.3, 0.4) is 0 Å². The normalized spacial score (nSPS) is 11.3. The maximum Gasteiger partial charge on any atom is 0.200 e. The zero-order valence-electron chi connectivity index (χ0n) is 22.8. The second kappa shape index (κ2) is 11.3. The van der Waals surface area contributed by atoms with Crippen LogP contribution in [-0.4, -0.2) is 20.3 Å². The lowest BCUT2D eigenvalue weighted by Gasteiger charge is -2.20. The van der Waals surface area contributed by atoms with Gasteiger partial charge < -0.3 is 9.30 Å². The maximum atomic E-state index is 15.2. The summed E-state index contributed by atoms with van der Waals surface area (Å²) < 4.78 is 37.2. The van der Waals surface area contributed by atoms with Gasteiger partial charge in [-0.3, -0.25) is 14.6 Å². The van der Waals surface area contributed by atoms with Crippen LogP contribution in [0.15, 0.2) is 76.3 Å². The summed E-state index contributed by atoms with van der Waals surface area (Å²) in [5.74, 6) is -1.23. The fraction of sp³-hybridized carbons (Fsp3) is 0.188. The van der Waals surface area contributed by atoms with E-state index in [1.54, 1.807) is 31.5 Å². The number of halogens is 3. The first kappa shape index (κ1) is 28.3. The first-order chi connectivity index (χ1) is 19.5. The number of fused-ring (bicyclic) bond motifs is 1. The molecule has 3 heterocycles. The van der Waals surface area contributed by atoms with E-state index in [-0.39, 0.29) is 23.8 Å². The Hall–Kier alpha value is -4.24. The van der Waals surface area contributed by atoms with Crippen molar-refractivity contribution in [3.8, 4) is 22.6 Å². The van der Waals surface area contributed by atoms with E-state index in [1.165, 1.54) is 36.4 Å². The number of rotatable bonds is 7. The molecule has 2 aromatic carbocycles. The predicted octanol–water partition coefficient (Wildman–Crippen LogP) is 7.91. The number of Topliss-reactive ketones (excluding diaryl/α,β-unsaturated/α-hetero) is 1.